The minimum Gasteiger partial charge on any atom is -0.480 e. The van der Waals surface area contributed by atoms with Crippen molar-refractivity contribution in [2.24, 2.45) is 33.8 Å². The maximum absolute atomic E-state index is 14.0. The molecule has 0 aromatic heterocycles. The van der Waals surface area contributed by atoms with Gasteiger partial charge in [-0.2, -0.15) is 12.6 Å². The van der Waals surface area contributed by atoms with Crippen molar-refractivity contribution in [1.82, 2.24) is 31.9 Å². The molecule has 0 unspecified atom stereocenters. The van der Waals surface area contributed by atoms with Gasteiger partial charge in [-0.05, 0) is 70.4 Å². The molecule has 0 aliphatic carbocycles. The van der Waals surface area contributed by atoms with Gasteiger partial charge in [0.15, 0.2) is 5.96 Å². The molecular formula is C36H61N11O8S. The second kappa shape index (κ2) is 26.0. The molecular weight excluding hydrogens is 747 g/mol. The van der Waals surface area contributed by atoms with E-state index >= 15 is 0 Å². The van der Waals surface area contributed by atoms with Crippen LogP contribution in [0.15, 0.2) is 35.3 Å². The van der Waals surface area contributed by atoms with Gasteiger partial charge < -0.3 is 59.9 Å². The van der Waals surface area contributed by atoms with Crippen LogP contribution in [0.2, 0.25) is 0 Å². The first-order valence-electron chi connectivity index (χ1n) is 18.6. The highest BCUT2D eigenvalue weighted by Crippen LogP contribution is 2.11. The van der Waals surface area contributed by atoms with Crippen LogP contribution >= 0.6 is 12.6 Å². The third kappa shape index (κ3) is 19.1. The molecule has 0 fully saturated rings. The number of thiol groups is 1. The fourth-order valence-corrected chi connectivity index (χ4v) is 5.53. The lowest BCUT2D eigenvalue weighted by atomic mass is 10.0. The van der Waals surface area contributed by atoms with E-state index in [0.717, 1.165) is 0 Å². The van der Waals surface area contributed by atoms with E-state index in [1.54, 1.807) is 30.3 Å². The molecule has 0 spiro atoms. The number of amides is 6. The van der Waals surface area contributed by atoms with E-state index < -0.39 is 83.7 Å². The van der Waals surface area contributed by atoms with Crippen LogP contribution in [0.25, 0.3) is 0 Å². The van der Waals surface area contributed by atoms with Crippen molar-refractivity contribution in [3.05, 3.63) is 35.9 Å². The molecule has 15 N–H and O–H groups in total. The maximum atomic E-state index is 14.0. The lowest BCUT2D eigenvalue weighted by Crippen LogP contribution is -2.60. The summed E-state index contributed by atoms with van der Waals surface area (Å²) in [7, 11) is 0. The number of carbonyl (C=O) groups excluding carboxylic acids is 6. The number of carbonyl (C=O) groups is 7. The lowest BCUT2D eigenvalue weighted by molar-refractivity contribution is -0.141. The molecule has 6 amide bonds. The van der Waals surface area contributed by atoms with E-state index in [-0.39, 0.29) is 56.3 Å². The predicted octanol–water partition coefficient (Wildman–Crippen LogP) is -2.25. The zero-order valence-electron chi connectivity index (χ0n) is 32.6. The fraction of sp³-hybridized carbons (Fsp3) is 0.611. The zero-order chi connectivity index (χ0) is 42.4. The van der Waals surface area contributed by atoms with Crippen molar-refractivity contribution >= 4 is 60.0 Å². The van der Waals surface area contributed by atoms with E-state index in [9.17, 15) is 38.7 Å². The van der Waals surface area contributed by atoms with Gasteiger partial charge in [0.2, 0.25) is 35.4 Å². The first-order valence-corrected chi connectivity index (χ1v) is 19.2. The molecule has 0 bridgehead atoms. The number of carboxylic acid groups (broad SMARTS) is 1. The summed E-state index contributed by atoms with van der Waals surface area (Å²) in [6.07, 6.45) is 1.77. The molecule has 1 rings (SSSR count). The average molecular weight is 808 g/mol. The Kier molecular flexibility index (Phi) is 22.8. The van der Waals surface area contributed by atoms with Gasteiger partial charge in [-0.1, -0.05) is 44.2 Å². The van der Waals surface area contributed by atoms with Gasteiger partial charge in [-0.25, -0.2) is 4.79 Å². The number of unbranched alkanes of at least 4 members (excludes halogenated alkanes) is 1. The van der Waals surface area contributed by atoms with Crippen LogP contribution in [-0.4, -0.2) is 114 Å². The van der Waals surface area contributed by atoms with Crippen molar-refractivity contribution in [2.75, 3.05) is 18.8 Å². The molecule has 0 saturated carbocycles. The van der Waals surface area contributed by atoms with Crippen molar-refractivity contribution in [1.29, 1.82) is 0 Å². The minimum atomic E-state index is -1.31. The van der Waals surface area contributed by atoms with Crippen LogP contribution in [0, 0.1) is 5.92 Å². The molecule has 20 heteroatoms. The van der Waals surface area contributed by atoms with Gasteiger partial charge in [-0.3, -0.25) is 33.8 Å². The smallest absolute Gasteiger partial charge is 0.327 e. The summed E-state index contributed by atoms with van der Waals surface area (Å²) in [6.45, 7) is 7.01. The number of hydrogen-bond donors (Lipinski definition) is 12. The minimum absolute atomic E-state index is 0.0134. The standard InChI is InChI=1S/C36H61N11O8S/c1-20(2)17-26(45-31(50)24(13-8-9-15-37)43-29(48)21(3)38)34(53)44-25(14-10-16-41-36(39)40)32(51)46-27(18-23-11-6-5-7-12-23)33(52)42-22(4)30(49)47-28(19-56)35(54)55/h5-7,11-12,20-22,24-28,56H,8-10,13-19,37-38H2,1-4H3,(H,42,52)(H,43,48)(H,44,53)(H,45,50)(H,46,51)(H,47,49)(H,54,55)(H4,39,40,41)/t21-,22-,24-,25-,26-,27-,28-/m0/s1. The van der Waals surface area contributed by atoms with Gasteiger partial charge in [0.25, 0.3) is 0 Å². The monoisotopic (exact) mass is 807 g/mol. The molecule has 1 aromatic carbocycles. The number of nitrogens with one attached hydrogen (secondary N) is 6. The van der Waals surface area contributed by atoms with Gasteiger partial charge in [0.1, 0.15) is 36.3 Å². The summed E-state index contributed by atoms with van der Waals surface area (Å²) in [5, 5.41) is 24.9. The van der Waals surface area contributed by atoms with Crippen molar-refractivity contribution in [3.63, 3.8) is 0 Å². The highest BCUT2D eigenvalue weighted by Gasteiger charge is 2.33. The Hall–Kier alpha value is -4.95. The first-order chi connectivity index (χ1) is 26.4. The third-order valence-electron chi connectivity index (χ3n) is 8.38. The molecule has 56 heavy (non-hydrogen) atoms. The SMILES string of the molecule is CC(C)C[C@H](NC(=O)[C@H](CCCCN)NC(=O)[C@H](C)N)C(=O)N[C@@H](CCCN=C(N)N)C(=O)N[C@@H](Cc1ccccc1)C(=O)N[C@@H](C)C(=O)N[C@@H](CS)C(=O)O. The summed E-state index contributed by atoms with van der Waals surface area (Å²) in [6, 6.07) is 0.701. The van der Waals surface area contributed by atoms with Gasteiger partial charge >= 0.3 is 5.97 Å². The first kappa shape index (κ1) is 49.1. The molecule has 314 valence electrons. The van der Waals surface area contributed by atoms with Crippen LogP contribution in [0.3, 0.4) is 0 Å². The number of guanidine groups is 1. The Morgan fingerprint density at radius 3 is 1.70 bits per heavy atom. The number of aliphatic imine (C=N–C) groups is 1. The van der Waals surface area contributed by atoms with E-state index in [1.165, 1.54) is 13.8 Å². The molecule has 0 heterocycles. The van der Waals surface area contributed by atoms with E-state index in [4.69, 9.17) is 22.9 Å². The molecule has 7 atom stereocenters. The summed E-state index contributed by atoms with van der Waals surface area (Å²) < 4.78 is 0. The van der Waals surface area contributed by atoms with E-state index in [1.807, 2.05) is 13.8 Å². The number of nitrogens with zero attached hydrogens (tertiary/aromatic N) is 1. The third-order valence-corrected chi connectivity index (χ3v) is 8.74. The van der Waals surface area contributed by atoms with E-state index in [2.05, 4.69) is 49.5 Å². The van der Waals surface area contributed by atoms with Crippen molar-refractivity contribution < 1.29 is 38.7 Å². The highest BCUT2D eigenvalue weighted by molar-refractivity contribution is 7.80. The number of rotatable bonds is 26. The summed E-state index contributed by atoms with van der Waals surface area (Å²) in [5.74, 6) is -5.92. The molecule has 0 aliphatic heterocycles. The Morgan fingerprint density at radius 2 is 1.18 bits per heavy atom. The number of nitrogens with two attached hydrogens (primary N) is 4. The Balaban J connectivity index is 3.40. The second-order valence-corrected chi connectivity index (χ2v) is 14.3. The van der Waals surface area contributed by atoms with Gasteiger partial charge in [0.05, 0.1) is 6.04 Å². The van der Waals surface area contributed by atoms with Crippen LogP contribution in [-0.2, 0) is 40.0 Å². The predicted molar refractivity (Wildman–Crippen MR) is 215 cm³/mol. The van der Waals surface area contributed by atoms with Crippen LogP contribution < -0.4 is 54.8 Å². The van der Waals surface area contributed by atoms with Crippen LogP contribution in [0.4, 0.5) is 0 Å². The summed E-state index contributed by atoms with van der Waals surface area (Å²) in [5.41, 5.74) is 22.9. The molecule has 1 aromatic rings. The molecule has 0 radical (unpaired) electrons. The fourth-order valence-electron chi connectivity index (χ4n) is 5.28. The molecule has 19 nitrogen and oxygen atoms in total. The zero-order valence-corrected chi connectivity index (χ0v) is 33.5. The molecule has 0 saturated heterocycles. The van der Waals surface area contributed by atoms with Crippen molar-refractivity contribution in [2.45, 2.75) is 115 Å². The van der Waals surface area contributed by atoms with Crippen LogP contribution in [0.1, 0.15) is 71.8 Å². The number of hydrogen-bond acceptors (Lipinski definition) is 11. The van der Waals surface area contributed by atoms with Crippen LogP contribution in [0.5, 0.6) is 0 Å². The summed E-state index contributed by atoms with van der Waals surface area (Å²) >= 11 is 3.94. The number of carboxylic acids is 1. The molecule has 0 aliphatic rings. The largest absolute Gasteiger partial charge is 0.480 e. The Bertz CT molecular complexity index is 1480. The number of aliphatic carboxylic acids is 1. The van der Waals surface area contributed by atoms with Gasteiger partial charge in [-0.15, -0.1) is 0 Å². The lowest BCUT2D eigenvalue weighted by Gasteiger charge is -2.28. The quantitative estimate of drug-likeness (QED) is 0.0205. The van der Waals surface area contributed by atoms with Crippen molar-refractivity contribution in [3.8, 4) is 0 Å². The maximum Gasteiger partial charge on any atom is 0.327 e. The normalized spacial score (nSPS) is 14.7. The van der Waals surface area contributed by atoms with E-state index in [0.29, 0.717) is 24.9 Å². The Labute approximate surface area is 333 Å². The summed E-state index contributed by atoms with van der Waals surface area (Å²) in [4.78, 5) is 95.6. The number of benzene rings is 1. The van der Waals surface area contributed by atoms with Gasteiger partial charge in [0, 0.05) is 18.7 Å². The topological polar surface area (TPSA) is 328 Å². The average Bonchev–Trinajstić information content (AvgIpc) is 3.13. The second-order valence-electron chi connectivity index (χ2n) is 13.9. The Morgan fingerprint density at radius 1 is 0.679 bits per heavy atom. The highest BCUT2D eigenvalue weighted by atomic mass is 32.1.